The predicted octanol–water partition coefficient (Wildman–Crippen LogP) is 7.12. The number of aromatic carboxylic acids is 1. The monoisotopic (exact) mass is 600 g/mol. The highest BCUT2D eigenvalue weighted by Gasteiger charge is 2.33. The molecule has 4 aromatic rings. The molecule has 2 aromatic heterocycles. The Bertz CT molecular complexity index is 1640. The number of benzene rings is 2. The van der Waals surface area contributed by atoms with Gasteiger partial charge in [-0.25, -0.2) is 9.78 Å². The zero-order chi connectivity index (χ0) is 30.0. The van der Waals surface area contributed by atoms with E-state index in [0.717, 1.165) is 80.3 Å². The summed E-state index contributed by atoms with van der Waals surface area (Å²) in [4.78, 5) is 24.2. The first-order valence-electron chi connectivity index (χ1n) is 14.7. The third-order valence-electron chi connectivity index (χ3n) is 8.70. The molecule has 1 fully saturated rings. The van der Waals surface area contributed by atoms with Crippen molar-refractivity contribution in [2.24, 2.45) is 5.41 Å². The van der Waals surface area contributed by atoms with E-state index in [-0.39, 0.29) is 11.0 Å². The van der Waals surface area contributed by atoms with E-state index in [0.29, 0.717) is 11.5 Å². The van der Waals surface area contributed by atoms with Crippen LogP contribution in [0.15, 0.2) is 72.6 Å². The minimum Gasteiger partial charge on any atom is -0.478 e. The molecule has 0 spiro atoms. The van der Waals surface area contributed by atoms with Gasteiger partial charge >= 0.3 is 5.97 Å². The number of hydrogen-bond acceptors (Lipinski definition) is 6. The van der Waals surface area contributed by atoms with Crippen molar-refractivity contribution in [3.63, 3.8) is 0 Å². The second-order valence-corrected chi connectivity index (χ2v) is 12.4. The number of nitrogens with zero attached hydrogens (tertiary/aromatic N) is 3. The molecule has 9 heteroatoms. The van der Waals surface area contributed by atoms with Gasteiger partial charge < -0.3 is 24.5 Å². The van der Waals surface area contributed by atoms with Crippen molar-refractivity contribution < 1.29 is 19.4 Å². The van der Waals surface area contributed by atoms with Crippen LogP contribution in [0.3, 0.4) is 0 Å². The molecule has 2 aromatic carbocycles. The summed E-state index contributed by atoms with van der Waals surface area (Å²) in [7, 11) is 1.79. The molecule has 1 aliphatic heterocycles. The Hall–Kier alpha value is -3.85. The number of ether oxygens (including phenoxy) is 2. The number of rotatable bonds is 9. The number of carboxylic acid groups (broad SMARTS) is 1. The lowest BCUT2D eigenvalue weighted by Crippen LogP contribution is -2.47. The molecule has 0 radical (unpaired) electrons. The number of pyridine rings is 1. The van der Waals surface area contributed by atoms with Crippen molar-refractivity contribution in [3.8, 4) is 11.5 Å². The number of anilines is 1. The third-order valence-corrected chi connectivity index (χ3v) is 8.95. The molecular formula is C34H37ClN4O4. The highest BCUT2D eigenvalue weighted by Crippen LogP contribution is 2.44. The normalized spacial score (nSPS) is 19.7. The maximum atomic E-state index is 12.0. The van der Waals surface area contributed by atoms with Crippen LogP contribution in [0.25, 0.3) is 16.6 Å². The standard InChI is InChI=1S/C34H37ClN4O4/c1-34(22-42-2)11-9-25(30(19-34)23-3-5-26(35)6-4-23)21-38-13-15-39(16-14-38)27-7-8-29(33(40)41)31(18-27)43-28-17-24-10-12-36-32(24)37-20-28/h3-8,10,12,17-18,20H,9,11,13-16,19,21-22H2,1-2H3,(H,36,37)(H,40,41). The van der Waals surface area contributed by atoms with Crippen LogP contribution in [0.4, 0.5) is 5.69 Å². The van der Waals surface area contributed by atoms with Crippen molar-refractivity contribution in [2.45, 2.75) is 26.2 Å². The largest absolute Gasteiger partial charge is 0.478 e. The summed E-state index contributed by atoms with van der Waals surface area (Å²) in [5.41, 5.74) is 6.11. The lowest BCUT2D eigenvalue weighted by molar-refractivity contribution is 0.0694. The fourth-order valence-electron chi connectivity index (χ4n) is 6.35. The Kier molecular flexibility index (Phi) is 8.43. The van der Waals surface area contributed by atoms with E-state index in [1.807, 2.05) is 42.6 Å². The van der Waals surface area contributed by atoms with Crippen molar-refractivity contribution in [1.82, 2.24) is 14.9 Å². The highest BCUT2D eigenvalue weighted by atomic mass is 35.5. The lowest BCUT2D eigenvalue weighted by atomic mass is 9.71. The number of aromatic nitrogens is 2. The Labute approximate surface area is 256 Å². The lowest BCUT2D eigenvalue weighted by Gasteiger charge is -2.40. The molecule has 8 nitrogen and oxygen atoms in total. The van der Waals surface area contributed by atoms with Crippen molar-refractivity contribution in [2.75, 3.05) is 51.3 Å². The molecule has 1 atom stereocenters. The fraction of sp³-hybridized carbons (Fsp3) is 0.353. The molecular weight excluding hydrogens is 564 g/mol. The molecule has 0 amide bonds. The number of methoxy groups -OCH3 is 1. The van der Waals surface area contributed by atoms with Gasteiger partial charge in [0.25, 0.3) is 0 Å². The fourth-order valence-corrected chi connectivity index (χ4v) is 6.48. The number of H-pyrrole nitrogens is 1. The summed E-state index contributed by atoms with van der Waals surface area (Å²) >= 11 is 6.21. The van der Waals surface area contributed by atoms with Crippen molar-refractivity contribution in [1.29, 1.82) is 0 Å². The third kappa shape index (κ3) is 6.56. The average molecular weight is 601 g/mol. The van der Waals surface area contributed by atoms with Crippen molar-refractivity contribution >= 4 is 39.9 Å². The number of carboxylic acids is 1. The van der Waals surface area contributed by atoms with Crippen LogP contribution >= 0.6 is 11.6 Å². The first kappa shape index (κ1) is 29.2. The Morgan fingerprint density at radius 3 is 2.63 bits per heavy atom. The van der Waals surface area contributed by atoms with Gasteiger partial charge in [0.05, 0.1) is 12.8 Å². The van der Waals surface area contributed by atoms with E-state index in [9.17, 15) is 9.90 Å². The molecule has 2 N–H and O–H groups in total. The maximum absolute atomic E-state index is 12.0. The Balaban J connectivity index is 1.17. The molecule has 0 saturated carbocycles. The number of hydrogen-bond donors (Lipinski definition) is 2. The van der Waals surface area contributed by atoms with Gasteiger partial charge in [-0.2, -0.15) is 0 Å². The summed E-state index contributed by atoms with van der Waals surface area (Å²) < 4.78 is 11.7. The number of fused-ring (bicyclic) bond motifs is 1. The maximum Gasteiger partial charge on any atom is 0.339 e. The van der Waals surface area contributed by atoms with Gasteiger partial charge in [-0.1, -0.05) is 36.2 Å². The van der Waals surface area contributed by atoms with Crippen LogP contribution in [0.1, 0.15) is 42.1 Å². The molecule has 3 heterocycles. The van der Waals surface area contributed by atoms with E-state index >= 15 is 0 Å². The number of aromatic amines is 1. The average Bonchev–Trinajstić information content (AvgIpc) is 3.47. The van der Waals surface area contributed by atoms with Gasteiger partial charge in [0.15, 0.2) is 0 Å². The first-order chi connectivity index (χ1) is 20.8. The number of halogens is 1. The van der Waals surface area contributed by atoms with E-state index in [2.05, 4.69) is 38.8 Å². The Morgan fingerprint density at radius 1 is 1.09 bits per heavy atom. The van der Waals surface area contributed by atoms with Gasteiger partial charge in [-0.3, -0.25) is 4.90 Å². The van der Waals surface area contributed by atoms with Gasteiger partial charge in [0.1, 0.15) is 22.7 Å². The summed E-state index contributed by atoms with van der Waals surface area (Å²) in [6.45, 7) is 7.52. The second kappa shape index (κ2) is 12.4. The second-order valence-electron chi connectivity index (χ2n) is 11.9. The summed E-state index contributed by atoms with van der Waals surface area (Å²) in [5, 5.41) is 11.5. The zero-order valence-corrected chi connectivity index (χ0v) is 25.4. The SMILES string of the molecule is COCC1(C)CCC(CN2CCN(c3ccc(C(=O)O)c(Oc4cnc5[nH]ccc5c4)c3)CC2)=C(c2ccc(Cl)cc2)C1. The summed E-state index contributed by atoms with van der Waals surface area (Å²) in [6, 6.07) is 17.3. The molecule has 224 valence electrons. The van der Waals surface area contributed by atoms with Gasteiger partial charge in [0, 0.05) is 68.2 Å². The highest BCUT2D eigenvalue weighted by molar-refractivity contribution is 6.30. The summed E-state index contributed by atoms with van der Waals surface area (Å²) in [6.07, 6.45) is 6.57. The van der Waals surface area contributed by atoms with Crippen LogP contribution in [0.5, 0.6) is 11.5 Å². The van der Waals surface area contributed by atoms with Crippen LogP contribution in [-0.2, 0) is 4.74 Å². The van der Waals surface area contributed by atoms with Gasteiger partial charge in [-0.15, -0.1) is 0 Å². The quantitative estimate of drug-likeness (QED) is 0.211. The van der Waals surface area contributed by atoms with Crippen LogP contribution < -0.4 is 9.64 Å². The molecule has 0 bridgehead atoms. The topological polar surface area (TPSA) is 90.9 Å². The van der Waals surface area contributed by atoms with Crippen LogP contribution in [0.2, 0.25) is 5.02 Å². The summed E-state index contributed by atoms with van der Waals surface area (Å²) in [5.74, 6) is -0.223. The molecule has 6 rings (SSSR count). The van der Waals surface area contributed by atoms with Gasteiger partial charge in [-0.05, 0) is 72.2 Å². The number of piperazine rings is 1. The zero-order valence-electron chi connectivity index (χ0n) is 24.6. The number of nitrogens with one attached hydrogen (secondary N) is 1. The van der Waals surface area contributed by atoms with E-state index in [1.54, 1.807) is 19.4 Å². The van der Waals surface area contributed by atoms with E-state index in [1.165, 1.54) is 16.7 Å². The predicted molar refractivity (Wildman–Crippen MR) is 170 cm³/mol. The van der Waals surface area contributed by atoms with E-state index in [4.69, 9.17) is 21.1 Å². The molecule has 1 unspecified atom stereocenters. The number of allylic oxidation sites excluding steroid dienone is 1. The minimum absolute atomic E-state index is 0.121. The van der Waals surface area contributed by atoms with Gasteiger partial charge in [0.2, 0.25) is 0 Å². The Morgan fingerprint density at radius 2 is 1.88 bits per heavy atom. The van der Waals surface area contributed by atoms with Crippen molar-refractivity contribution in [3.05, 3.63) is 88.7 Å². The smallest absolute Gasteiger partial charge is 0.339 e. The number of carbonyl (C=O) groups is 1. The molecule has 2 aliphatic rings. The molecule has 1 saturated heterocycles. The molecule has 1 aliphatic carbocycles. The molecule has 43 heavy (non-hydrogen) atoms. The minimum atomic E-state index is -1.03. The first-order valence-corrected chi connectivity index (χ1v) is 15.1. The van der Waals surface area contributed by atoms with Crippen LogP contribution in [0, 0.1) is 5.41 Å². The van der Waals surface area contributed by atoms with E-state index < -0.39 is 5.97 Å². The van der Waals surface area contributed by atoms with Crippen LogP contribution in [-0.4, -0.2) is 72.4 Å².